The van der Waals surface area contributed by atoms with Crippen molar-refractivity contribution >= 4 is 17.4 Å². The molecule has 0 aliphatic rings. The molecule has 0 aliphatic heterocycles. The molecule has 2 amide bonds. The van der Waals surface area contributed by atoms with Crippen LogP contribution in [0.4, 0.5) is 4.79 Å². The number of amides is 2. The number of hydrogen-bond acceptors (Lipinski definition) is 3. The topological polar surface area (TPSA) is 45.2 Å². The molecule has 1 N–H and O–H groups in total. The molecule has 128 valence electrons. The van der Waals surface area contributed by atoms with Gasteiger partial charge in [-0.2, -0.15) is 0 Å². The molecule has 3 rings (SSSR count). The molecule has 25 heavy (non-hydrogen) atoms. The summed E-state index contributed by atoms with van der Waals surface area (Å²) in [6.07, 6.45) is 2.58. The number of nitrogens with one attached hydrogen (secondary N) is 1. The number of pyridine rings is 1. The van der Waals surface area contributed by atoms with E-state index in [1.807, 2.05) is 58.8 Å². The minimum atomic E-state index is -0.0602. The molecule has 4 nitrogen and oxygen atoms in total. The first-order chi connectivity index (χ1) is 12.3. The van der Waals surface area contributed by atoms with Gasteiger partial charge in [0.2, 0.25) is 0 Å². The van der Waals surface area contributed by atoms with Crippen molar-refractivity contribution in [3.8, 4) is 0 Å². The summed E-state index contributed by atoms with van der Waals surface area (Å²) in [5.41, 5.74) is 2.11. The summed E-state index contributed by atoms with van der Waals surface area (Å²) in [6.45, 7) is 1.71. The first-order valence-electron chi connectivity index (χ1n) is 8.30. The lowest BCUT2D eigenvalue weighted by atomic mass is 10.1. The van der Waals surface area contributed by atoms with Gasteiger partial charge in [-0.15, -0.1) is 11.3 Å². The summed E-state index contributed by atoms with van der Waals surface area (Å²) in [5, 5.41) is 5.03. The van der Waals surface area contributed by atoms with Gasteiger partial charge < -0.3 is 10.2 Å². The lowest BCUT2D eigenvalue weighted by Crippen LogP contribution is -2.40. The van der Waals surface area contributed by atoms with Crippen LogP contribution < -0.4 is 5.32 Å². The van der Waals surface area contributed by atoms with E-state index in [-0.39, 0.29) is 6.03 Å². The molecule has 0 saturated carbocycles. The standard InChI is InChI=1S/C20H21N3OS/c24-20(22-15-19-10-6-14-25-19)23(16-18-9-4-5-12-21-18)13-11-17-7-2-1-3-8-17/h1-10,12,14H,11,13,15-16H2,(H,22,24). The Hall–Kier alpha value is -2.66. The number of benzene rings is 1. The van der Waals surface area contributed by atoms with Gasteiger partial charge in [0, 0.05) is 17.6 Å². The van der Waals surface area contributed by atoms with Crippen LogP contribution >= 0.6 is 11.3 Å². The molecule has 2 aromatic heterocycles. The molecule has 0 radical (unpaired) electrons. The summed E-state index contributed by atoms with van der Waals surface area (Å²) in [4.78, 5) is 20.0. The van der Waals surface area contributed by atoms with Crippen LogP contribution in [0.1, 0.15) is 16.1 Å². The van der Waals surface area contributed by atoms with Crippen LogP contribution in [0, 0.1) is 0 Å². The number of aromatic nitrogens is 1. The Balaban J connectivity index is 1.63. The Morgan fingerprint density at radius 3 is 2.60 bits per heavy atom. The number of carbonyl (C=O) groups is 1. The zero-order chi connectivity index (χ0) is 17.3. The predicted molar refractivity (Wildman–Crippen MR) is 101 cm³/mol. The Bertz CT molecular complexity index is 760. The first-order valence-corrected chi connectivity index (χ1v) is 9.18. The maximum Gasteiger partial charge on any atom is 0.318 e. The van der Waals surface area contributed by atoms with E-state index in [1.54, 1.807) is 17.5 Å². The number of urea groups is 1. The molecule has 0 atom stereocenters. The number of rotatable bonds is 7. The summed E-state index contributed by atoms with van der Waals surface area (Å²) in [6, 6.07) is 20.0. The third-order valence-electron chi connectivity index (χ3n) is 3.87. The van der Waals surface area contributed by atoms with E-state index in [4.69, 9.17) is 0 Å². The van der Waals surface area contributed by atoms with Crippen LogP contribution in [0.3, 0.4) is 0 Å². The summed E-state index contributed by atoms with van der Waals surface area (Å²) < 4.78 is 0. The van der Waals surface area contributed by atoms with Crippen molar-refractivity contribution in [3.63, 3.8) is 0 Å². The molecule has 2 heterocycles. The highest BCUT2D eigenvalue weighted by molar-refractivity contribution is 7.09. The van der Waals surface area contributed by atoms with Crippen LogP contribution in [0.25, 0.3) is 0 Å². The maximum absolute atomic E-state index is 12.7. The van der Waals surface area contributed by atoms with Gasteiger partial charge >= 0.3 is 6.03 Å². The quantitative estimate of drug-likeness (QED) is 0.696. The van der Waals surface area contributed by atoms with E-state index >= 15 is 0 Å². The molecule has 3 aromatic rings. The SMILES string of the molecule is O=C(NCc1cccs1)N(CCc1ccccc1)Cc1ccccn1. The predicted octanol–water partition coefficient (Wildman–Crippen LogP) is 4.10. The van der Waals surface area contributed by atoms with Gasteiger partial charge in [0.05, 0.1) is 18.8 Å². The minimum absolute atomic E-state index is 0.0602. The summed E-state index contributed by atoms with van der Waals surface area (Å²) in [7, 11) is 0. The largest absolute Gasteiger partial charge is 0.333 e. The van der Waals surface area contributed by atoms with Crippen LogP contribution in [0.5, 0.6) is 0 Å². The second-order valence-corrected chi connectivity index (χ2v) is 6.75. The van der Waals surface area contributed by atoms with Gasteiger partial charge in [-0.3, -0.25) is 4.98 Å². The monoisotopic (exact) mass is 351 g/mol. The van der Waals surface area contributed by atoms with Crippen LogP contribution in [0.2, 0.25) is 0 Å². The molecule has 0 fully saturated rings. The molecule has 0 unspecified atom stereocenters. The average molecular weight is 351 g/mol. The van der Waals surface area contributed by atoms with Crippen molar-refractivity contribution in [1.82, 2.24) is 15.2 Å². The van der Waals surface area contributed by atoms with E-state index in [9.17, 15) is 4.79 Å². The molecular formula is C20H21N3OS. The molecule has 0 bridgehead atoms. The number of carbonyl (C=O) groups excluding carboxylic acids is 1. The normalized spacial score (nSPS) is 10.4. The maximum atomic E-state index is 12.7. The van der Waals surface area contributed by atoms with Crippen molar-refractivity contribution in [1.29, 1.82) is 0 Å². The van der Waals surface area contributed by atoms with Crippen molar-refractivity contribution < 1.29 is 4.79 Å². The third-order valence-corrected chi connectivity index (χ3v) is 4.75. The Kier molecular flexibility index (Phi) is 6.17. The van der Waals surface area contributed by atoms with Gasteiger partial charge in [0.25, 0.3) is 0 Å². The minimum Gasteiger partial charge on any atom is -0.333 e. The molecule has 0 aliphatic carbocycles. The van der Waals surface area contributed by atoms with Crippen LogP contribution in [-0.2, 0) is 19.5 Å². The number of hydrogen-bond donors (Lipinski definition) is 1. The highest BCUT2D eigenvalue weighted by Gasteiger charge is 2.14. The Labute approximate surface area is 152 Å². The zero-order valence-electron chi connectivity index (χ0n) is 14.0. The molecule has 0 spiro atoms. The second-order valence-electron chi connectivity index (χ2n) is 5.72. The Morgan fingerprint density at radius 1 is 1.04 bits per heavy atom. The Morgan fingerprint density at radius 2 is 1.88 bits per heavy atom. The molecular weight excluding hydrogens is 330 g/mol. The number of thiophene rings is 1. The average Bonchev–Trinajstić information content (AvgIpc) is 3.18. The first kappa shape index (κ1) is 17.2. The molecule has 1 aromatic carbocycles. The van der Waals surface area contributed by atoms with Gasteiger partial charge in [0.1, 0.15) is 0 Å². The fourth-order valence-corrected chi connectivity index (χ4v) is 3.18. The van der Waals surface area contributed by atoms with Crippen LogP contribution in [0.15, 0.2) is 72.2 Å². The van der Waals surface area contributed by atoms with Gasteiger partial charge in [0.15, 0.2) is 0 Å². The molecule has 5 heteroatoms. The van der Waals surface area contributed by atoms with Gasteiger partial charge in [-0.05, 0) is 35.6 Å². The van der Waals surface area contributed by atoms with E-state index < -0.39 is 0 Å². The number of nitrogens with zero attached hydrogens (tertiary/aromatic N) is 2. The van der Waals surface area contributed by atoms with Crippen molar-refractivity contribution in [2.24, 2.45) is 0 Å². The highest BCUT2D eigenvalue weighted by atomic mass is 32.1. The third kappa shape index (κ3) is 5.43. The smallest absolute Gasteiger partial charge is 0.318 e. The van der Waals surface area contributed by atoms with E-state index in [2.05, 4.69) is 22.4 Å². The van der Waals surface area contributed by atoms with Gasteiger partial charge in [-0.1, -0.05) is 42.5 Å². The van der Waals surface area contributed by atoms with Gasteiger partial charge in [-0.25, -0.2) is 4.79 Å². The molecule has 0 saturated heterocycles. The lowest BCUT2D eigenvalue weighted by molar-refractivity contribution is 0.194. The van der Waals surface area contributed by atoms with Crippen molar-refractivity contribution in [3.05, 3.63) is 88.4 Å². The van der Waals surface area contributed by atoms with E-state index in [0.29, 0.717) is 19.6 Å². The lowest BCUT2D eigenvalue weighted by Gasteiger charge is -2.23. The summed E-state index contributed by atoms with van der Waals surface area (Å²) >= 11 is 1.65. The highest BCUT2D eigenvalue weighted by Crippen LogP contribution is 2.09. The van der Waals surface area contributed by atoms with Crippen molar-refractivity contribution in [2.75, 3.05) is 6.54 Å². The van der Waals surface area contributed by atoms with Crippen molar-refractivity contribution in [2.45, 2.75) is 19.5 Å². The van der Waals surface area contributed by atoms with Crippen LogP contribution in [-0.4, -0.2) is 22.5 Å². The second kappa shape index (κ2) is 8.99. The zero-order valence-corrected chi connectivity index (χ0v) is 14.8. The van der Waals surface area contributed by atoms with E-state index in [0.717, 1.165) is 17.0 Å². The summed E-state index contributed by atoms with van der Waals surface area (Å²) in [5.74, 6) is 0. The fourth-order valence-electron chi connectivity index (χ4n) is 2.54. The fraction of sp³-hybridized carbons (Fsp3) is 0.200. The van der Waals surface area contributed by atoms with E-state index in [1.165, 1.54) is 5.56 Å².